The molecule has 0 radical (unpaired) electrons. The maximum absolute atomic E-state index is 11.3. The summed E-state index contributed by atoms with van der Waals surface area (Å²) in [6.07, 6.45) is 1.90. The molecular formula is C10H11N3O. The molecule has 0 saturated heterocycles. The molecule has 0 atom stereocenters. The standard InChI is InChI=1S/C10H11N3O/c1-3-10(14)13(2)9-5-4-8(6-11)7-12-9/h4-5,7H,3H2,1-2H3. The zero-order valence-electron chi connectivity index (χ0n) is 8.19. The third-order valence-corrected chi connectivity index (χ3v) is 1.90. The Labute approximate surface area is 82.8 Å². The van der Waals surface area contributed by atoms with Crippen molar-refractivity contribution in [3.8, 4) is 6.07 Å². The number of aromatic nitrogens is 1. The minimum atomic E-state index is 0.00204. The van der Waals surface area contributed by atoms with Crippen LogP contribution >= 0.6 is 0 Å². The van der Waals surface area contributed by atoms with Crippen LogP contribution in [0.3, 0.4) is 0 Å². The van der Waals surface area contributed by atoms with Crippen molar-refractivity contribution in [3.63, 3.8) is 0 Å². The van der Waals surface area contributed by atoms with Gasteiger partial charge in [-0.3, -0.25) is 9.69 Å². The highest BCUT2D eigenvalue weighted by Gasteiger charge is 2.08. The summed E-state index contributed by atoms with van der Waals surface area (Å²) in [5.74, 6) is 0.568. The molecule has 0 aliphatic rings. The van der Waals surface area contributed by atoms with E-state index in [1.54, 1.807) is 26.1 Å². The first-order chi connectivity index (χ1) is 6.69. The number of carbonyl (C=O) groups excluding carboxylic acids is 1. The SMILES string of the molecule is CCC(=O)N(C)c1ccc(C#N)cn1. The van der Waals surface area contributed by atoms with E-state index in [0.717, 1.165) is 0 Å². The molecule has 0 aliphatic carbocycles. The molecular weight excluding hydrogens is 178 g/mol. The van der Waals surface area contributed by atoms with Crippen LogP contribution in [0.5, 0.6) is 0 Å². The lowest BCUT2D eigenvalue weighted by Crippen LogP contribution is -2.25. The summed E-state index contributed by atoms with van der Waals surface area (Å²) in [5.41, 5.74) is 0.492. The first kappa shape index (κ1) is 10.2. The molecule has 72 valence electrons. The van der Waals surface area contributed by atoms with Crippen LogP contribution in [0.1, 0.15) is 18.9 Å². The van der Waals surface area contributed by atoms with Crippen molar-refractivity contribution in [2.45, 2.75) is 13.3 Å². The molecule has 0 saturated carbocycles. The predicted molar refractivity (Wildman–Crippen MR) is 52.7 cm³/mol. The van der Waals surface area contributed by atoms with Gasteiger partial charge in [-0.15, -0.1) is 0 Å². The first-order valence-corrected chi connectivity index (χ1v) is 4.31. The predicted octanol–water partition coefficient (Wildman–Crippen LogP) is 1.33. The van der Waals surface area contributed by atoms with E-state index in [-0.39, 0.29) is 5.91 Å². The molecule has 1 amide bonds. The highest BCUT2D eigenvalue weighted by molar-refractivity contribution is 5.91. The van der Waals surface area contributed by atoms with Gasteiger partial charge in [-0.25, -0.2) is 4.98 Å². The lowest BCUT2D eigenvalue weighted by atomic mass is 10.3. The number of amides is 1. The van der Waals surface area contributed by atoms with Gasteiger partial charge in [-0.1, -0.05) is 6.92 Å². The highest BCUT2D eigenvalue weighted by atomic mass is 16.2. The normalized spacial score (nSPS) is 9.21. The Bertz CT molecular complexity index is 364. The molecule has 0 aromatic carbocycles. The molecule has 14 heavy (non-hydrogen) atoms. The second kappa shape index (κ2) is 4.38. The van der Waals surface area contributed by atoms with Crippen molar-refractivity contribution in [1.82, 2.24) is 4.98 Å². The van der Waals surface area contributed by atoms with E-state index >= 15 is 0 Å². The molecule has 0 bridgehead atoms. The van der Waals surface area contributed by atoms with E-state index in [2.05, 4.69) is 4.98 Å². The number of hydrogen-bond donors (Lipinski definition) is 0. The Morgan fingerprint density at radius 3 is 2.79 bits per heavy atom. The fraction of sp³-hybridized carbons (Fsp3) is 0.300. The summed E-state index contributed by atoms with van der Waals surface area (Å²) >= 11 is 0. The summed E-state index contributed by atoms with van der Waals surface area (Å²) in [4.78, 5) is 16.8. The Balaban J connectivity index is 2.88. The van der Waals surface area contributed by atoms with Gasteiger partial charge in [0, 0.05) is 19.7 Å². The first-order valence-electron chi connectivity index (χ1n) is 4.31. The fourth-order valence-electron chi connectivity index (χ4n) is 1.02. The van der Waals surface area contributed by atoms with E-state index in [1.165, 1.54) is 11.1 Å². The van der Waals surface area contributed by atoms with Crippen molar-refractivity contribution >= 4 is 11.7 Å². The topological polar surface area (TPSA) is 57.0 Å². The Morgan fingerprint density at radius 2 is 2.36 bits per heavy atom. The molecule has 1 heterocycles. The largest absolute Gasteiger partial charge is 0.300 e. The summed E-state index contributed by atoms with van der Waals surface area (Å²) < 4.78 is 0. The Morgan fingerprint density at radius 1 is 1.64 bits per heavy atom. The van der Waals surface area contributed by atoms with E-state index in [4.69, 9.17) is 5.26 Å². The molecule has 1 rings (SSSR count). The maximum atomic E-state index is 11.3. The highest BCUT2D eigenvalue weighted by Crippen LogP contribution is 2.09. The van der Waals surface area contributed by atoms with E-state index in [0.29, 0.717) is 17.8 Å². The number of rotatable bonds is 2. The van der Waals surface area contributed by atoms with Gasteiger partial charge in [0.05, 0.1) is 5.56 Å². The van der Waals surface area contributed by atoms with Crippen molar-refractivity contribution < 1.29 is 4.79 Å². The van der Waals surface area contributed by atoms with Crippen LogP contribution in [0.25, 0.3) is 0 Å². The van der Waals surface area contributed by atoms with Crippen LogP contribution in [-0.2, 0) is 4.79 Å². The van der Waals surface area contributed by atoms with Crippen molar-refractivity contribution in [1.29, 1.82) is 5.26 Å². The maximum Gasteiger partial charge on any atom is 0.227 e. The van der Waals surface area contributed by atoms with Crippen molar-refractivity contribution in [2.24, 2.45) is 0 Å². The number of pyridine rings is 1. The minimum absolute atomic E-state index is 0.00204. The molecule has 0 fully saturated rings. The second-order valence-electron chi connectivity index (χ2n) is 2.82. The van der Waals surface area contributed by atoms with E-state index < -0.39 is 0 Å². The summed E-state index contributed by atoms with van der Waals surface area (Å²) in [7, 11) is 1.67. The number of carbonyl (C=O) groups is 1. The van der Waals surface area contributed by atoms with Gasteiger partial charge in [0.2, 0.25) is 5.91 Å². The van der Waals surface area contributed by atoms with Crippen molar-refractivity contribution in [3.05, 3.63) is 23.9 Å². The van der Waals surface area contributed by atoms with Gasteiger partial charge in [-0.2, -0.15) is 5.26 Å². The Hall–Kier alpha value is -1.89. The van der Waals surface area contributed by atoms with Gasteiger partial charge in [0.25, 0.3) is 0 Å². The average molecular weight is 189 g/mol. The molecule has 0 unspecified atom stereocenters. The zero-order valence-corrected chi connectivity index (χ0v) is 8.19. The summed E-state index contributed by atoms with van der Waals surface area (Å²) in [6, 6.07) is 5.27. The van der Waals surface area contributed by atoms with Gasteiger partial charge in [0.1, 0.15) is 11.9 Å². The quantitative estimate of drug-likeness (QED) is 0.705. The van der Waals surface area contributed by atoms with Crippen molar-refractivity contribution in [2.75, 3.05) is 11.9 Å². The third kappa shape index (κ3) is 2.07. The van der Waals surface area contributed by atoms with Crippen LogP contribution in [-0.4, -0.2) is 17.9 Å². The minimum Gasteiger partial charge on any atom is -0.300 e. The zero-order chi connectivity index (χ0) is 10.6. The lowest BCUT2D eigenvalue weighted by molar-refractivity contribution is -0.118. The van der Waals surface area contributed by atoms with Crippen LogP contribution < -0.4 is 4.90 Å². The van der Waals surface area contributed by atoms with Crippen LogP contribution in [0.4, 0.5) is 5.82 Å². The molecule has 1 aromatic heterocycles. The number of nitrogens with zero attached hydrogens (tertiary/aromatic N) is 3. The third-order valence-electron chi connectivity index (χ3n) is 1.90. The van der Waals surface area contributed by atoms with Crippen LogP contribution in [0.15, 0.2) is 18.3 Å². The molecule has 1 aromatic rings. The van der Waals surface area contributed by atoms with Crippen LogP contribution in [0, 0.1) is 11.3 Å². The number of nitriles is 1. The van der Waals surface area contributed by atoms with Gasteiger partial charge < -0.3 is 0 Å². The van der Waals surface area contributed by atoms with E-state index in [9.17, 15) is 4.79 Å². The van der Waals surface area contributed by atoms with Gasteiger partial charge in [0.15, 0.2) is 0 Å². The number of hydrogen-bond acceptors (Lipinski definition) is 3. The molecule has 0 spiro atoms. The second-order valence-corrected chi connectivity index (χ2v) is 2.82. The summed E-state index contributed by atoms with van der Waals surface area (Å²) in [5, 5.41) is 8.55. The molecule has 4 heteroatoms. The molecule has 0 N–H and O–H groups in total. The number of anilines is 1. The molecule has 0 aliphatic heterocycles. The fourth-order valence-corrected chi connectivity index (χ4v) is 1.02. The molecule has 4 nitrogen and oxygen atoms in total. The monoisotopic (exact) mass is 189 g/mol. The Kier molecular flexibility index (Phi) is 3.19. The summed E-state index contributed by atoms with van der Waals surface area (Å²) in [6.45, 7) is 1.79. The smallest absolute Gasteiger partial charge is 0.227 e. The van der Waals surface area contributed by atoms with E-state index in [1.807, 2.05) is 6.07 Å². The van der Waals surface area contributed by atoms with Crippen LogP contribution in [0.2, 0.25) is 0 Å². The van der Waals surface area contributed by atoms with Gasteiger partial charge >= 0.3 is 0 Å². The average Bonchev–Trinajstić information content (AvgIpc) is 2.27. The lowest BCUT2D eigenvalue weighted by Gasteiger charge is -2.14. The van der Waals surface area contributed by atoms with Gasteiger partial charge in [-0.05, 0) is 12.1 Å².